The molecule has 0 aromatic rings. The molecule has 3 aliphatic rings. The Balaban J connectivity index is -0.000000279. The quantitative estimate of drug-likeness (QED) is 0.0217. The third-order valence-electron chi connectivity index (χ3n) is 6.15. The monoisotopic (exact) mass is 1020 g/mol. The maximum absolute atomic E-state index is 9.58. The summed E-state index contributed by atoms with van der Waals surface area (Å²) in [6, 6.07) is 1.08. The molecule has 0 saturated carbocycles. The van der Waals surface area contributed by atoms with Crippen molar-refractivity contribution in [1.29, 1.82) is 0 Å². The van der Waals surface area contributed by atoms with E-state index in [-0.39, 0.29) is 144 Å². The van der Waals surface area contributed by atoms with Crippen molar-refractivity contribution in [2.45, 2.75) is 75.3 Å². The molecule has 23 nitrogen and oxygen atoms in total. The van der Waals surface area contributed by atoms with E-state index in [0.29, 0.717) is 90.2 Å². The zero-order valence-electron chi connectivity index (χ0n) is 28.6. The molecule has 6 unspecified atom stereocenters. The fourth-order valence-corrected chi connectivity index (χ4v) is 12.3. The van der Waals surface area contributed by atoms with E-state index < -0.39 is 31.1 Å². The van der Waals surface area contributed by atoms with Gasteiger partial charge in [-0.3, -0.25) is 44.8 Å². The van der Waals surface area contributed by atoms with Gasteiger partial charge in [0.25, 0.3) is 0 Å². The molecule has 295 valence electrons. The molecule has 3 fully saturated rings. The van der Waals surface area contributed by atoms with Crippen LogP contribution in [0.25, 0.3) is 0 Å². The van der Waals surface area contributed by atoms with Gasteiger partial charge in [0.2, 0.25) is 0 Å². The second-order valence-corrected chi connectivity index (χ2v) is 20.7. The van der Waals surface area contributed by atoms with Gasteiger partial charge >= 0.3 is 25.7 Å². The first kappa shape index (κ1) is 62.2. The van der Waals surface area contributed by atoms with Crippen LogP contribution >= 0.6 is 0 Å². The van der Waals surface area contributed by atoms with Crippen LogP contribution in [0.3, 0.4) is 0 Å². The summed E-state index contributed by atoms with van der Waals surface area (Å²) in [6.45, 7) is 9.87. The van der Waals surface area contributed by atoms with Crippen molar-refractivity contribution in [1.82, 2.24) is 16.2 Å². The zero-order valence-corrected chi connectivity index (χ0v) is 40.1. The van der Waals surface area contributed by atoms with E-state index in [9.17, 15) is 4.80 Å². The molecule has 13 N–H and O–H groups in total. The molecule has 0 amide bonds. The van der Waals surface area contributed by atoms with Crippen LogP contribution in [-0.2, 0) is 144 Å². The van der Waals surface area contributed by atoms with E-state index in [2.05, 4.69) is 4.53 Å². The molecule has 0 bridgehead atoms. The van der Waals surface area contributed by atoms with Gasteiger partial charge in [-0.05, 0) is 57.0 Å². The summed E-state index contributed by atoms with van der Waals surface area (Å²) in [5, 5.41) is 52.2. The topological polar surface area (TPSA) is 348 Å². The Morgan fingerprint density at radius 3 is 1.08 bits per heavy atom. The SMILES string of the molecule is C[Si](CCCOCC1CO1)(ON(O)O)O[Si](C)(CCCOCC1CO1)ON(O)O.C[Si](O)(CCCOCC1CO1)ON(O)O.O.O.O.[Y].[Y].[Y]. The number of nitrogens with zero attached hydrogens (tertiary/aromatic N) is 3. The molecule has 3 heterocycles. The number of hydrogen-bond donors (Lipinski definition) is 7. The van der Waals surface area contributed by atoms with Crippen LogP contribution < -0.4 is 0 Å². The van der Waals surface area contributed by atoms with Crippen LogP contribution in [0.1, 0.15) is 19.3 Å². The molecule has 3 radical (unpaired) electrons. The predicted octanol–water partition coefficient (Wildman–Crippen LogP) is -1.83. The molecular weight excluding hydrogens is 965 g/mol. The number of epoxide rings is 3. The zero-order chi connectivity index (χ0) is 32.6. The Morgan fingerprint density at radius 1 is 0.540 bits per heavy atom. The van der Waals surface area contributed by atoms with Crippen LogP contribution in [0.4, 0.5) is 0 Å². The molecule has 6 atom stereocenters. The largest absolute Gasteiger partial charge is 0.413 e. The first-order valence-corrected chi connectivity index (χ1v) is 21.9. The van der Waals surface area contributed by atoms with Gasteiger partial charge in [0.05, 0.1) is 55.8 Å². The Morgan fingerprint density at radius 2 is 0.820 bits per heavy atom. The van der Waals surface area contributed by atoms with E-state index in [1.807, 2.05) is 0 Å². The van der Waals surface area contributed by atoms with Crippen LogP contribution in [0.2, 0.25) is 37.8 Å². The van der Waals surface area contributed by atoms with E-state index in [4.69, 9.17) is 72.8 Å². The van der Waals surface area contributed by atoms with Gasteiger partial charge in [-0.1, -0.05) is 0 Å². The first-order valence-electron chi connectivity index (χ1n) is 14.3. The van der Waals surface area contributed by atoms with Gasteiger partial charge < -0.3 is 53.8 Å². The van der Waals surface area contributed by atoms with Crippen LogP contribution in [0.15, 0.2) is 0 Å². The van der Waals surface area contributed by atoms with Gasteiger partial charge in [-0.15, -0.1) is 0 Å². The number of ether oxygens (including phenoxy) is 6. The third-order valence-corrected chi connectivity index (χ3v) is 15.1. The second-order valence-electron chi connectivity index (χ2n) is 11.0. The smallest absolute Gasteiger partial charge is 0.359 e. The molecule has 0 aromatic heterocycles. The van der Waals surface area contributed by atoms with Crippen molar-refractivity contribution in [3.63, 3.8) is 0 Å². The molecule has 3 rings (SSSR count). The molecule has 3 aliphatic heterocycles. The second kappa shape index (κ2) is 33.1. The summed E-state index contributed by atoms with van der Waals surface area (Å²) in [7, 11) is -9.44. The minimum atomic E-state index is -3.21. The summed E-state index contributed by atoms with van der Waals surface area (Å²) in [4.78, 5) is 9.58. The van der Waals surface area contributed by atoms with Crippen molar-refractivity contribution in [2.75, 3.05) is 59.5 Å². The Kier molecular flexibility index (Phi) is 41.2. The minimum Gasteiger partial charge on any atom is -0.413 e. The summed E-state index contributed by atoms with van der Waals surface area (Å²) < 4.78 is 52.1. The standard InChI is InChI=1S/C14H32N2O11Si2.C7H17NO6Si.3H2O.3Y/c1-28(25-15(17)18,7-3-5-21-9-13-11-23-13)27-29(2,26-16(19)20)8-4-6-22-10-14-12-24-14;1-15(11,14-8(9)10)4-2-3-12-5-7-6-13-7;;;;;;/h13-14,17-20H,3-12H2,1-2H3;7,9-11H,2-6H2,1H3;3*1H2;;;. The van der Waals surface area contributed by atoms with Gasteiger partial charge in [0.15, 0.2) is 0 Å². The van der Waals surface area contributed by atoms with Crippen molar-refractivity contribution in [3.8, 4) is 0 Å². The van der Waals surface area contributed by atoms with Crippen molar-refractivity contribution in [3.05, 3.63) is 0 Å². The third kappa shape index (κ3) is 35.5. The fraction of sp³-hybridized carbons (Fsp3) is 1.00. The average molecular weight is 1020 g/mol. The van der Waals surface area contributed by atoms with Crippen molar-refractivity contribution in [2.24, 2.45) is 0 Å². The summed E-state index contributed by atoms with van der Waals surface area (Å²) in [6.07, 6.45) is 2.26. The van der Waals surface area contributed by atoms with Crippen LogP contribution in [0, 0.1) is 0 Å². The number of hydrogen-bond acceptors (Lipinski definition) is 20. The Labute approximate surface area is 369 Å². The normalized spacial score (nSPS) is 21.9. The summed E-state index contributed by atoms with van der Waals surface area (Å²) in [5.74, 6) is 0. The van der Waals surface area contributed by atoms with Gasteiger partial charge in [0, 0.05) is 118 Å². The molecule has 29 heteroatoms. The van der Waals surface area contributed by atoms with Gasteiger partial charge in [-0.25, -0.2) is 0 Å². The van der Waals surface area contributed by atoms with Crippen molar-refractivity contribution >= 4 is 25.7 Å². The summed E-state index contributed by atoms with van der Waals surface area (Å²) in [5.41, 5.74) is 0. The van der Waals surface area contributed by atoms with Crippen LogP contribution in [-0.4, -0.2) is 172 Å². The van der Waals surface area contributed by atoms with Crippen LogP contribution in [0.5, 0.6) is 0 Å². The molecule has 3 saturated heterocycles. The predicted molar refractivity (Wildman–Crippen MR) is 158 cm³/mol. The Bertz CT molecular complexity index is 751. The van der Waals surface area contributed by atoms with Crippen molar-refractivity contribution < 1.29 is 197 Å². The van der Waals surface area contributed by atoms with Gasteiger partial charge in [0.1, 0.15) is 18.3 Å². The summed E-state index contributed by atoms with van der Waals surface area (Å²) >= 11 is 0. The molecule has 0 aromatic carbocycles. The molecular formula is C21H55N3O20Si3Y3. The van der Waals surface area contributed by atoms with E-state index in [0.717, 1.165) is 6.61 Å². The van der Waals surface area contributed by atoms with E-state index in [1.165, 1.54) is 6.55 Å². The van der Waals surface area contributed by atoms with Gasteiger partial charge in [-0.2, -0.15) is 0 Å². The number of rotatable bonds is 26. The van der Waals surface area contributed by atoms with E-state index >= 15 is 0 Å². The maximum Gasteiger partial charge on any atom is 0.359 e. The maximum atomic E-state index is 9.58. The molecule has 50 heavy (non-hydrogen) atoms. The average Bonchev–Trinajstić information content (AvgIpc) is 3.73. The first-order chi connectivity index (χ1) is 20.7. The minimum absolute atomic E-state index is 0. The fourth-order valence-electron chi connectivity index (χ4n) is 3.88. The molecule has 0 spiro atoms. The molecule has 0 aliphatic carbocycles. The van der Waals surface area contributed by atoms with E-state index in [1.54, 1.807) is 13.1 Å². The Hall–Kier alpha value is 3.04.